The van der Waals surface area contributed by atoms with Crippen LogP contribution in [0.15, 0.2) is 17.0 Å². The first-order valence-corrected chi connectivity index (χ1v) is 9.95. The molecule has 1 fully saturated rings. The minimum absolute atomic E-state index is 0.0441. The van der Waals surface area contributed by atoms with Gasteiger partial charge in [-0.1, -0.05) is 18.5 Å². The summed E-state index contributed by atoms with van der Waals surface area (Å²) in [4.78, 5) is 36.9. The van der Waals surface area contributed by atoms with Gasteiger partial charge in [0.15, 0.2) is 11.5 Å². The van der Waals surface area contributed by atoms with E-state index in [0.29, 0.717) is 28.7 Å². The molecule has 2 rings (SSSR count). The van der Waals surface area contributed by atoms with Crippen LogP contribution >= 0.6 is 23.4 Å². The molecule has 0 unspecified atom stereocenters. The number of thioether (sulfide) groups is 1. The van der Waals surface area contributed by atoms with E-state index in [2.05, 4.69) is 4.74 Å². The van der Waals surface area contributed by atoms with Crippen molar-refractivity contribution in [2.24, 2.45) is 0 Å². The fourth-order valence-corrected chi connectivity index (χ4v) is 3.42. The van der Waals surface area contributed by atoms with Crippen LogP contribution in [0.4, 0.5) is 4.79 Å². The van der Waals surface area contributed by atoms with Crippen molar-refractivity contribution in [3.8, 4) is 11.5 Å². The molecule has 1 atom stereocenters. The standard InChI is InChI=1S/C19H22ClNO6S/c1-5-11(3)27-17-13(20)7-12(8-14(17)26-6-2)9-15-18(23)21(19(24)28-15)10-16(22)25-4/h7-9,11H,5-6,10H2,1-4H3/b15-9+/t11-/m1/s1. The predicted octanol–water partition coefficient (Wildman–Crippen LogP) is 4.13. The number of esters is 1. The number of hydrogen-bond donors (Lipinski definition) is 0. The largest absolute Gasteiger partial charge is 0.490 e. The quantitative estimate of drug-likeness (QED) is 0.455. The summed E-state index contributed by atoms with van der Waals surface area (Å²) in [7, 11) is 1.19. The van der Waals surface area contributed by atoms with Crippen molar-refractivity contribution >= 4 is 46.6 Å². The summed E-state index contributed by atoms with van der Waals surface area (Å²) in [5.41, 5.74) is 0.577. The average molecular weight is 428 g/mol. The maximum Gasteiger partial charge on any atom is 0.325 e. The molecule has 0 aliphatic carbocycles. The summed E-state index contributed by atoms with van der Waals surface area (Å²) in [6.07, 6.45) is 2.29. The van der Waals surface area contributed by atoms with Crippen LogP contribution in [-0.4, -0.2) is 48.4 Å². The number of benzene rings is 1. The lowest BCUT2D eigenvalue weighted by molar-refractivity contribution is -0.143. The summed E-state index contributed by atoms with van der Waals surface area (Å²) in [6.45, 7) is 5.75. The number of methoxy groups -OCH3 is 1. The Morgan fingerprint density at radius 2 is 2.04 bits per heavy atom. The summed E-state index contributed by atoms with van der Waals surface area (Å²) < 4.78 is 16.0. The molecule has 1 aliphatic rings. The second kappa shape index (κ2) is 9.84. The third-order valence-electron chi connectivity index (χ3n) is 3.91. The van der Waals surface area contributed by atoms with E-state index in [1.807, 2.05) is 20.8 Å². The molecule has 7 nitrogen and oxygen atoms in total. The Balaban J connectivity index is 2.33. The third kappa shape index (κ3) is 5.20. The maximum absolute atomic E-state index is 12.4. The van der Waals surface area contributed by atoms with Crippen LogP contribution in [0.25, 0.3) is 6.08 Å². The fraction of sp³-hybridized carbons (Fsp3) is 0.421. The molecule has 0 saturated carbocycles. The van der Waals surface area contributed by atoms with Gasteiger partial charge in [0.2, 0.25) is 0 Å². The predicted molar refractivity (Wildman–Crippen MR) is 108 cm³/mol. The monoisotopic (exact) mass is 427 g/mol. The van der Waals surface area contributed by atoms with Crippen LogP contribution in [0.2, 0.25) is 5.02 Å². The molecule has 1 heterocycles. The Hall–Kier alpha value is -2.19. The molecule has 28 heavy (non-hydrogen) atoms. The minimum atomic E-state index is -0.670. The van der Waals surface area contributed by atoms with Gasteiger partial charge in [-0.05, 0) is 55.8 Å². The van der Waals surface area contributed by atoms with Gasteiger partial charge in [-0.25, -0.2) is 0 Å². The van der Waals surface area contributed by atoms with E-state index < -0.39 is 23.7 Å². The highest BCUT2D eigenvalue weighted by molar-refractivity contribution is 8.18. The van der Waals surface area contributed by atoms with Crippen molar-refractivity contribution < 1.29 is 28.6 Å². The zero-order valence-corrected chi connectivity index (χ0v) is 17.7. The van der Waals surface area contributed by atoms with Gasteiger partial charge >= 0.3 is 5.97 Å². The van der Waals surface area contributed by atoms with Crippen LogP contribution in [-0.2, 0) is 14.3 Å². The van der Waals surface area contributed by atoms with Crippen LogP contribution in [0.1, 0.15) is 32.8 Å². The maximum atomic E-state index is 12.4. The van der Waals surface area contributed by atoms with Crippen LogP contribution in [0, 0.1) is 0 Å². The van der Waals surface area contributed by atoms with Crippen molar-refractivity contribution in [1.29, 1.82) is 0 Å². The number of rotatable bonds is 8. The van der Waals surface area contributed by atoms with E-state index in [4.69, 9.17) is 21.1 Å². The normalized spacial score (nSPS) is 16.5. The molecule has 0 radical (unpaired) electrons. The molecule has 0 bridgehead atoms. The molecular formula is C19H22ClNO6S. The number of nitrogens with zero attached hydrogens (tertiary/aromatic N) is 1. The average Bonchev–Trinajstić information content (AvgIpc) is 2.91. The van der Waals surface area contributed by atoms with E-state index in [9.17, 15) is 14.4 Å². The lowest BCUT2D eigenvalue weighted by Gasteiger charge is -2.18. The van der Waals surface area contributed by atoms with E-state index in [0.717, 1.165) is 23.1 Å². The topological polar surface area (TPSA) is 82.1 Å². The zero-order valence-electron chi connectivity index (χ0n) is 16.1. The Labute approximate surface area is 172 Å². The SMILES string of the molecule is CCOc1cc(/C=C2/SC(=O)N(CC(=O)OC)C2=O)cc(Cl)c1O[C@H](C)CC. The summed E-state index contributed by atoms with van der Waals surface area (Å²) in [6, 6.07) is 3.33. The van der Waals surface area contributed by atoms with E-state index >= 15 is 0 Å². The Bertz CT molecular complexity index is 810. The molecule has 0 N–H and O–H groups in total. The highest BCUT2D eigenvalue weighted by atomic mass is 35.5. The molecule has 2 amide bonds. The number of imide groups is 1. The van der Waals surface area contributed by atoms with Crippen LogP contribution < -0.4 is 9.47 Å². The van der Waals surface area contributed by atoms with Gasteiger partial charge in [-0.2, -0.15) is 0 Å². The van der Waals surface area contributed by atoms with E-state index in [1.54, 1.807) is 12.1 Å². The van der Waals surface area contributed by atoms with Crippen LogP contribution in [0.3, 0.4) is 0 Å². The molecule has 9 heteroatoms. The summed E-state index contributed by atoms with van der Waals surface area (Å²) in [5.74, 6) is -0.338. The number of carbonyl (C=O) groups is 3. The third-order valence-corrected chi connectivity index (χ3v) is 5.10. The highest BCUT2D eigenvalue weighted by Crippen LogP contribution is 2.39. The first-order valence-electron chi connectivity index (χ1n) is 8.75. The molecule has 0 aromatic heterocycles. The Morgan fingerprint density at radius 1 is 1.32 bits per heavy atom. The van der Waals surface area contributed by atoms with Gasteiger partial charge in [0.05, 0.1) is 29.7 Å². The molecule has 1 aromatic carbocycles. The number of hydrogen-bond acceptors (Lipinski definition) is 7. The molecule has 1 aromatic rings. The Kier molecular flexibility index (Phi) is 7.77. The van der Waals surface area contributed by atoms with Crippen LogP contribution in [0.5, 0.6) is 11.5 Å². The number of carbonyl (C=O) groups excluding carboxylic acids is 3. The second-order valence-electron chi connectivity index (χ2n) is 5.94. The van der Waals surface area contributed by atoms with Crippen molar-refractivity contribution in [2.45, 2.75) is 33.3 Å². The molecule has 1 saturated heterocycles. The van der Waals surface area contributed by atoms with E-state index in [-0.39, 0.29) is 11.0 Å². The van der Waals surface area contributed by atoms with E-state index in [1.165, 1.54) is 13.2 Å². The lowest BCUT2D eigenvalue weighted by Crippen LogP contribution is -2.34. The van der Waals surface area contributed by atoms with Crippen molar-refractivity contribution in [2.75, 3.05) is 20.3 Å². The van der Waals surface area contributed by atoms with Gasteiger partial charge in [-0.3, -0.25) is 19.3 Å². The first kappa shape index (κ1) is 22.1. The van der Waals surface area contributed by atoms with Gasteiger partial charge < -0.3 is 14.2 Å². The number of amides is 2. The second-order valence-corrected chi connectivity index (χ2v) is 7.34. The minimum Gasteiger partial charge on any atom is -0.490 e. The fourth-order valence-electron chi connectivity index (χ4n) is 2.31. The summed E-state index contributed by atoms with van der Waals surface area (Å²) in [5, 5.41) is -0.194. The van der Waals surface area contributed by atoms with Crippen molar-refractivity contribution in [3.63, 3.8) is 0 Å². The lowest BCUT2D eigenvalue weighted by atomic mass is 10.1. The number of halogens is 1. The van der Waals surface area contributed by atoms with Gasteiger partial charge in [-0.15, -0.1) is 0 Å². The molecular weight excluding hydrogens is 406 g/mol. The van der Waals surface area contributed by atoms with Crippen molar-refractivity contribution in [1.82, 2.24) is 4.90 Å². The molecule has 1 aliphatic heterocycles. The zero-order chi connectivity index (χ0) is 20.8. The Morgan fingerprint density at radius 3 is 2.64 bits per heavy atom. The van der Waals surface area contributed by atoms with Gasteiger partial charge in [0.25, 0.3) is 11.1 Å². The molecule has 152 valence electrons. The molecule has 0 spiro atoms. The summed E-state index contributed by atoms with van der Waals surface area (Å²) >= 11 is 7.12. The number of ether oxygens (including phenoxy) is 3. The van der Waals surface area contributed by atoms with Gasteiger partial charge in [0.1, 0.15) is 6.54 Å². The smallest absolute Gasteiger partial charge is 0.325 e. The first-order chi connectivity index (χ1) is 13.3. The highest BCUT2D eigenvalue weighted by Gasteiger charge is 2.36. The van der Waals surface area contributed by atoms with Crippen molar-refractivity contribution in [3.05, 3.63) is 27.6 Å². The van der Waals surface area contributed by atoms with Gasteiger partial charge in [0, 0.05) is 0 Å².